The second-order valence-corrected chi connectivity index (χ2v) is 5.13. The van der Waals surface area contributed by atoms with E-state index in [1.165, 1.54) is 17.5 Å². The van der Waals surface area contributed by atoms with Crippen LogP contribution < -0.4 is 0 Å². The van der Waals surface area contributed by atoms with Gasteiger partial charge in [-0.3, -0.25) is 4.57 Å². The van der Waals surface area contributed by atoms with Crippen molar-refractivity contribution in [3.8, 4) is 5.69 Å². The van der Waals surface area contributed by atoms with Crippen LogP contribution in [0, 0.1) is 12.7 Å². The summed E-state index contributed by atoms with van der Waals surface area (Å²) >= 11 is 0. The molecule has 0 aliphatic carbocycles. The lowest BCUT2D eigenvalue weighted by molar-refractivity contribution is 0.629. The molecule has 0 saturated carbocycles. The van der Waals surface area contributed by atoms with Gasteiger partial charge in [0.05, 0.1) is 16.7 Å². The van der Waals surface area contributed by atoms with Crippen molar-refractivity contribution >= 4 is 21.8 Å². The van der Waals surface area contributed by atoms with Crippen LogP contribution >= 0.6 is 0 Å². The average molecular weight is 276 g/mol. The number of aromatic nitrogens is 2. The molecule has 0 radical (unpaired) electrons. The van der Waals surface area contributed by atoms with Gasteiger partial charge in [-0.05, 0) is 30.5 Å². The monoisotopic (exact) mass is 276 g/mol. The van der Waals surface area contributed by atoms with E-state index in [9.17, 15) is 4.39 Å². The maximum absolute atomic E-state index is 13.4. The number of imidazole rings is 1. The van der Waals surface area contributed by atoms with Gasteiger partial charge in [0, 0.05) is 11.5 Å². The van der Waals surface area contributed by atoms with Crippen LogP contribution in [-0.4, -0.2) is 9.55 Å². The van der Waals surface area contributed by atoms with E-state index in [1.54, 1.807) is 6.07 Å². The molecule has 4 rings (SSSR count). The van der Waals surface area contributed by atoms with Crippen molar-refractivity contribution in [3.63, 3.8) is 0 Å². The molecule has 0 atom stereocenters. The molecule has 1 heterocycles. The van der Waals surface area contributed by atoms with Crippen molar-refractivity contribution < 1.29 is 4.39 Å². The third-order valence-electron chi connectivity index (χ3n) is 3.79. The summed E-state index contributed by atoms with van der Waals surface area (Å²) in [4.78, 5) is 4.48. The average Bonchev–Trinajstić information content (AvgIpc) is 2.81. The third-order valence-corrected chi connectivity index (χ3v) is 3.79. The van der Waals surface area contributed by atoms with E-state index in [0.29, 0.717) is 5.52 Å². The Bertz CT molecular complexity index is 964. The highest BCUT2D eigenvalue weighted by molar-refractivity contribution is 5.92. The molecule has 1 aromatic heterocycles. The zero-order chi connectivity index (χ0) is 14.4. The molecule has 0 aliphatic heterocycles. The SMILES string of the molecule is Cc1nc2cc(F)ccc2n1-c1cccc2ccccc12. The summed E-state index contributed by atoms with van der Waals surface area (Å²) in [5, 5.41) is 2.34. The lowest BCUT2D eigenvalue weighted by atomic mass is 10.1. The fraction of sp³-hybridized carbons (Fsp3) is 0.0556. The Morgan fingerprint density at radius 1 is 0.952 bits per heavy atom. The van der Waals surface area contributed by atoms with E-state index >= 15 is 0 Å². The maximum Gasteiger partial charge on any atom is 0.125 e. The molecule has 3 heteroatoms. The summed E-state index contributed by atoms with van der Waals surface area (Å²) in [6, 6.07) is 19.2. The quantitative estimate of drug-likeness (QED) is 0.496. The molecular formula is C18H13FN2. The molecule has 0 unspecified atom stereocenters. The molecule has 0 aliphatic rings. The number of hydrogen-bond acceptors (Lipinski definition) is 1. The maximum atomic E-state index is 13.4. The Hall–Kier alpha value is -2.68. The molecule has 0 N–H and O–H groups in total. The van der Waals surface area contributed by atoms with E-state index in [0.717, 1.165) is 22.4 Å². The summed E-state index contributed by atoms with van der Waals surface area (Å²) in [6.07, 6.45) is 0. The Morgan fingerprint density at radius 2 is 1.76 bits per heavy atom. The summed E-state index contributed by atoms with van der Waals surface area (Å²) in [5.41, 5.74) is 2.67. The van der Waals surface area contributed by atoms with Crippen molar-refractivity contribution in [2.75, 3.05) is 0 Å². The third kappa shape index (κ3) is 1.82. The Kier molecular flexibility index (Phi) is 2.54. The fourth-order valence-electron chi connectivity index (χ4n) is 2.88. The number of halogens is 1. The first-order valence-corrected chi connectivity index (χ1v) is 6.87. The molecule has 0 fully saturated rings. The second kappa shape index (κ2) is 4.42. The standard InChI is InChI=1S/C18H13FN2/c1-12-20-16-11-14(19)9-10-18(16)21(12)17-8-4-6-13-5-2-3-7-15(13)17/h2-11H,1H3. The number of fused-ring (bicyclic) bond motifs is 2. The number of nitrogens with zero attached hydrogens (tertiary/aromatic N) is 2. The Labute approximate surface area is 121 Å². The van der Waals surface area contributed by atoms with E-state index in [-0.39, 0.29) is 5.82 Å². The van der Waals surface area contributed by atoms with Crippen molar-refractivity contribution in [1.29, 1.82) is 0 Å². The van der Waals surface area contributed by atoms with Gasteiger partial charge in [0.1, 0.15) is 11.6 Å². The molecular weight excluding hydrogens is 263 g/mol. The first-order valence-electron chi connectivity index (χ1n) is 6.87. The van der Waals surface area contributed by atoms with Gasteiger partial charge < -0.3 is 0 Å². The van der Waals surface area contributed by atoms with Crippen LogP contribution in [0.1, 0.15) is 5.82 Å². The summed E-state index contributed by atoms with van der Waals surface area (Å²) in [6.45, 7) is 1.94. The molecule has 4 aromatic rings. The van der Waals surface area contributed by atoms with Gasteiger partial charge in [0.25, 0.3) is 0 Å². The van der Waals surface area contributed by atoms with Crippen LogP contribution in [0.5, 0.6) is 0 Å². The van der Waals surface area contributed by atoms with Crippen molar-refractivity contribution in [2.24, 2.45) is 0 Å². The number of aryl methyl sites for hydroxylation is 1. The molecule has 102 valence electrons. The van der Waals surface area contributed by atoms with Gasteiger partial charge in [-0.1, -0.05) is 36.4 Å². The van der Waals surface area contributed by atoms with Crippen LogP contribution in [0.25, 0.3) is 27.5 Å². The molecule has 0 spiro atoms. The minimum atomic E-state index is -0.259. The van der Waals surface area contributed by atoms with Crippen molar-refractivity contribution in [1.82, 2.24) is 9.55 Å². The minimum absolute atomic E-state index is 0.259. The van der Waals surface area contributed by atoms with E-state index in [4.69, 9.17) is 0 Å². The Balaban J connectivity index is 2.11. The zero-order valence-electron chi connectivity index (χ0n) is 11.5. The number of benzene rings is 3. The summed E-state index contributed by atoms with van der Waals surface area (Å²) in [7, 11) is 0. The lowest BCUT2D eigenvalue weighted by Crippen LogP contribution is -1.97. The van der Waals surface area contributed by atoms with E-state index in [1.807, 2.05) is 25.1 Å². The number of rotatable bonds is 1. The van der Waals surface area contributed by atoms with Gasteiger partial charge in [-0.2, -0.15) is 0 Å². The molecule has 0 amide bonds. The highest BCUT2D eigenvalue weighted by Crippen LogP contribution is 2.27. The first-order chi connectivity index (χ1) is 10.2. The summed E-state index contributed by atoms with van der Waals surface area (Å²) in [5.74, 6) is 0.594. The molecule has 0 saturated heterocycles. The van der Waals surface area contributed by atoms with Crippen LogP contribution in [0.3, 0.4) is 0 Å². The molecule has 3 aromatic carbocycles. The highest BCUT2D eigenvalue weighted by Gasteiger charge is 2.11. The fourth-order valence-corrected chi connectivity index (χ4v) is 2.88. The smallest absolute Gasteiger partial charge is 0.125 e. The predicted octanol–water partition coefficient (Wildman–Crippen LogP) is 4.63. The minimum Gasteiger partial charge on any atom is -0.296 e. The molecule has 0 bridgehead atoms. The molecule has 2 nitrogen and oxygen atoms in total. The van der Waals surface area contributed by atoms with Crippen molar-refractivity contribution in [2.45, 2.75) is 6.92 Å². The normalized spacial score (nSPS) is 11.3. The first kappa shape index (κ1) is 12.1. The molecule has 21 heavy (non-hydrogen) atoms. The predicted molar refractivity (Wildman–Crippen MR) is 83.3 cm³/mol. The van der Waals surface area contributed by atoms with Gasteiger partial charge in [0.2, 0.25) is 0 Å². The Morgan fingerprint density at radius 3 is 2.67 bits per heavy atom. The summed E-state index contributed by atoms with van der Waals surface area (Å²) < 4.78 is 15.5. The van der Waals surface area contributed by atoms with E-state index in [2.05, 4.69) is 33.8 Å². The highest BCUT2D eigenvalue weighted by atomic mass is 19.1. The topological polar surface area (TPSA) is 17.8 Å². The van der Waals surface area contributed by atoms with Crippen LogP contribution in [0.15, 0.2) is 60.7 Å². The van der Waals surface area contributed by atoms with Crippen LogP contribution in [0.4, 0.5) is 4.39 Å². The van der Waals surface area contributed by atoms with E-state index < -0.39 is 0 Å². The largest absolute Gasteiger partial charge is 0.296 e. The van der Waals surface area contributed by atoms with Crippen LogP contribution in [-0.2, 0) is 0 Å². The van der Waals surface area contributed by atoms with Crippen LogP contribution in [0.2, 0.25) is 0 Å². The van der Waals surface area contributed by atoms with Gasteiger partial charge in [-0.15, -0.1) is 0 Å². The zero-order valence-corrected chi connectivity index (χ0v) is 11.5. The van der Waals surface area contributed by atoms with Gasteiger partial charge in [0.15, 0.2) is 0 Å². The van der Waals surface area contributed by atoms with Gasteiger partial charge in [-0.25, -0.2) is 9.37 Å². The van der Waals surface area contributed by atoms with Crippen molar-refractivity contribution in [3.05, 3.63) is 72.3 Å². The second-order valence-electron chi connectivity index (χ2n) is 5.13. The number of hydrogen-bond donors (Lipinski definition) is 0. The lowest BCUT2D eigenvalue weighted by Gasteiger charge is -2.10. The van der Waals surface area contributed by atoms with Gasteiger partial charge >= 0.3 is 0 Å².